The van der Waals surface area contributed by atoms with Crippen molar-refractivity contribution in [2.45, 2.75) is 12.8 Å². The largest absolute Gasteiger partial charge is 0.370 e. The molecule has 134 valence electrons. The average molecular weight is 368 g/mol. The summed E-state index contributed by atoms with van der Waals surface area (Å²) in [4.78, 5) is 7.21. The van der Waals surface area contributed by atoms with Crippen molar-refractivity contribution in [3.05, 3.63) is 41.6 Å². The maximum atomic E-state index is 6.40. The normalized spacial score (nSPS) is 18.3. The first kappa shape index (κ1) is 17.4. The van der Waals surface area contributed by atoms with Gasteiger partial charge in [-0.05, 0) is 43.9 Å². The molecule has 1 atom stereocenters. The zero-order valence-electron chi connectivity index (χ0n) is 15.2. The van der Waals surface area contributed by atoms with Crippen molar-refractivity contribution in [3.8, 4) is 11.3 Å². The van der Waals surface area contributed by atoms with Crippen molar-refractivity contribution in [3.63, 3.8) is 0 Å². The molecule has 1 aliphatic heterocycles. The van der Waals surface area contributed by atoms with Crippen LogP contribution in [0.1, 0.15) is 12.8 Å². The molecule has 1 unspecified atom stereocenters. The van der Waals surface area contributed by atoms with Gasteiger partial charge in [0.25, 0.3) is 0 Å². The van der Waals surface area contributed by atoms with Gasteiger partial charge in [-0.25, -0.2) is 4.98 Å². The van der Waals surface area contributed by atoms with Gasteiger partial charge < -0.3 is 10.2 Å². The van der Waals surface area contributed by atoms with E-state index in [1.165, 1.54) is 19.4 Å². The van der Waals surface area contributed by atoms with Crippen LogP contribution in [-0.2, 0) is 0 Å². The Kier molecular flexibility index (Phi) is 4.87. The van der Waals surface area contributed by atoms with Crippen molar-refractivity contribution in [2.75, 3.05) is 32.0 Å². The molecule has 0 saturated carbocycles. The van der Waals surface area contributed by atoms with E-state index in [1.807, 2.05) is 48.9 Å². The predicted octanol–water partition coefficient (Wildman–Crippen LogP) is 2.06. The van der Waals surface area contributed by atoms with E-state index in [4.69, 9.17) is 16.6 Å². The first-order chi connectivity index (χ1) is 12.6. The second kappa shape index (κ2) is 7.29. The minimum atomic E-state index is 0.650. The smallest absolute Gasteiger partial charge is 0.151 e. The van der Waals surface area contributed by atoms with E-state index in [-0.39, 0.29) is 0 Å². The molecule has 0 radical (unpaired) electrons. The summed E-state index contributed by atoms with van der Waals surface area (Å²) >= 11 is 6.40. The molecule has 1 fully saturated rings. The highest BCUT2D eigenvalue weighted by Gasteiger charge is 2.18. The van der Waals surface area contributed by atoms with Crippen LogP contribution in [0.2, 0.25) is 5.02 Å². The molecular formula is C19H23BClN5. The van der Waals surface area contributed by atoms with Gasteiger partial charge in [-0.1, -0.05) is 29.8 Å². The number of nitrogens with one attached hydrogen (secondary N) is 1. The molecule has 7 heteroatoms. The van der Waals surface area contributed by atoms with Gasteiger partial charge in [0.1, 0.15) is 13.7 Å². The topological polar surface area (TPSA) is 45.5 Å². The third kappa shape index (κ3) is 3.44. The van der Waals surface area contributed by atoms with Gasteiger partial charge in [-0.3, -0.25) is 0 Å². The lowest BCUT2D eigenvalue weighted by atomic mass is 9.98. The van der Waals surface area contributed by atoms with Crippen LogP contribution in [0.15, 0.2) is 36.5 Å². The summed E-state index contributed by atoms with van der Waals surface area (Å²) in [5, 5.41) is 8.82. The Bertz CT molecular complexity index is 925. The molecule has 0 spiro atoms. The van der Waals surface area contributed by atoms with E-state index >= 15 is 0 Å². The predicted molar refractivity (Wildman–Crippen MR) is 110 cm³/mol. The monoisotopic (exact) mass is 367 g/mol. The summed E-state index contributed by atoms with van der Waals surface area (Å²) in [6.07, 6.45) is 4.39. The summed E-state index contributed by atoms with van der Waals surface area (Å²) in [5.74, 6) is 1.61. The molecule has 2 aromatic heterocycles. The third-order valence-electron chi connectivity index (χ3n) is 5.09. The van der Waals surface area contributed by atoms with Crippen LogP contribution in [0, 0.1) is 5.92 Å². The van der Waals surface area contributed by atoms with Crippen LogP contribution in [0.4, 0.5) is 5.82 Å². The van der Waals surface area contributed by atoms with Crippen molar-refractivity contribution in [2.24, 2.45) is 5.92 Å². The number of fused-ring (bicyclic) bond motifs is 1. The Hall–Kier alpha value is -2.05. The quantitative estimate of drug-likeness (QED) is 0.717. The van der Waals surface area contributed by atoms with Crippen LogP contribution < -0.4 is 10.8 Å². The standard InChI is InChI=1S/C19H23BClN5/c1-25-8-4-5-13(12-25)10-22-18-9-17(14-6-2-3-7-16(14)21)24-19-15(20)11-23-26(18)19/h2-3,6-7,9,11,13,22H,4-5,8,10,12,20H2,1H3. The Morgan fingerprint density at radius 2 is 2.19 bits per heavy atom. The molecule has 5 nitrogen and oxygen atoms in total. The number of aromatic nitrogens is 3. The SMILES string of the molecule is Bc1cnn2c(NCC3CCCN(C)C3)cc(-c3ccccc3Cl)nc12. The lowest BCUT2D eigenvalue weighted by Gasteiger charge is -2.30. The molecule has 1 aromatic carbocycles. The number of halogens is 1. The minimum Gasteiger partial charge on any atom is -0.370 e. The second-order valence-corrected chi connectivity index (χ2v) is 7.63. The molecular weight excluding hydrogens is 345 g/mol. The first-order valence-corrected chi connectivity index (χ1v) is 9.52. The third-order valence-corrected chi connectivity index (χ3v) is 5.42. The van der Waals surface area contributed by atoms with Gasteiger partial charge in [0.2, 0.25) is 0 Å². The van der Waals surface area contributed by atoms with Gasteiger partial charge in [0, 0.05) is 35.9 Å². The molecule has 0 aliphatic carbocycles. The van der Waals surface area contributed by atoms with Crippen molar-refractivity contribution >= 4 is 36.4 Å². The van der Waals surface area contributed by atoms with Gasteiger partial charge in [0.15, 0.2) is 5.65 Å². The van der Waals surface area contributed by atoms with Crippen molar-refractivity contribution in [1.82, 2.24) is 19.5 Å². The Labute approximate surface area is 159 Å². The Morgan fingerprint density at radius 3 is 3.00 bits per heavy atom. The highest BCUT2D eigenvalue weighted by Crippen LogP contribution is 2.28. The van der Waals surface area contributed by atoms with Crippen LogP contribution in [0.5, 0.6) is 0 Å². The average Bonchev–Trinajstić information content (AvgIpc) is 3.01. The number of hydrogen-bond donors (Lipinski definition) is 1. The molecule has 1 aliphatic rings. The molecule has 4 rings (SSSR count). The van der Waals surface area contributed by atoms with Gasteiger partial charge >= 0.3 is 0 Å². The minimum absolute atomic E-state index is 0.650. The maximum Gasteiger partial charge on any atom is 0.151 e. The number of rotatable bonds is 4. The molecule has 1 N–H and O–H groups in total. The molecule has 3 aromatic rings. The van der Waals surface area contributed by atoms with E-state index in [1.54, 1.807) is 0 Å². The van der Waals surface area contributed by atoms with Crippen LogP contribution in [0.25, 0.3) is 16.9 Å². The molecule has 1 saturated heterocycles. The number of nitrogens with zero attached hydrogens (tertiary/aromatic N) is 4. The molecule has 26 heavy (non-hydrogen) atoms. The number of anilines is 1. The second-order valence-electron chi connectivity index (χ2n) is 7.22. The van der Waals surface area contributed by atoms with E-state index in [0.29, 0.717) is 10.9 Å². The van der Waals surface area contributed by atoms with E-state index < -0.39 is 0 Å². The highest BCUT2D eigenvalue weighted by molar-refractivity contribution is 6.36. The Morgan fingerprint density at radius 1 is 1.35 bits per heavy atom. The fraction of sp³-hybridized carbons (Fsp3) is 0.368. The molecule has 0 amide bonds. The highest BCUT2D eigenvalue weighted by atomic mass is 35.5. The van der Waals surface area contributed by atoms with Crippen LogP contribution >= 0.6 is 11.6 Å². The summed E-state index contributed by atoms with van der Waals surface area (Å²) < 4.78 is 1.89. The summed E-state index contributed by atoms with van der Waals surface area (Å²) in [5.41, 5.74) is 3.73. The molecule has 0 bridgehead atoms. The number of hydrogen-bond acceptors (Lipinski definition) is 4. The zero-order valence-corrected chi connectivity index (χ0v) is 16.0. The van der Waals surface area contributed by atoms with Gasteiger partial charge in [-0.15, -0.1) is 0 Å². The molecule has 3 heterocycles. The number of benzene rings is 1. The zero-order chi connectivity index (χ0) is 18.1. The van der Waals surface area contributed by atoms with Crippen LogP contribution in [-0.4, -0.2) is 54.0 Å². The summed E-state index contributed by atoms with van der Waals surface area (Å²) in [7, 11) is 4.23. The van der Waals surface area contributed by atoms with Gasteiger partial charge in [-0.2, -0.15) is 9.61 Å². The fourth-order valence-corrected chi connectivity index (χ4v) is 3.93. The van der Waals surface area contributed by atoms with E-state index in [9.17, 15) is 0 Å². The maximum absolute atomic E-state index is 6.40. The fourth-order valence-electron chi connectivity index (χ4n) is 3.69. The lowest BCUT2D eigenvalue weighted by Crippen LogP contribution is -2.35. The Balaban J connectivity index is 1.68. The van der Waals surface area contributed by atoms with Crippen molar-refractivity contribution in [1.29, 1.82) is 0 Å². The van der Waals surface area contributed by atoms with Crippen molar-refractivity contribution < 1.29 is 0 Å². The first-order valence-electron chi connectivity index (χ1n) is 9.14. The van der Waals surface area contributed by atoms with Crippen LogP contribution in [0.3, 0.4) is 0 Å². The van der Waals surface area contributed by atoms with E-state index in [2.05, 4.69) is 22.4 Å². The number of likely N-dealkylation sites (tertiary alicyclic amines) is 1. The number of piperidine rings is 1. The van der Waals surface area contributed by atoms with Gasteiger partial charge in [0.05, 0.1) is 5.69 Å². The van der Waals surface area contributed by atoms with E-state index in [0.717, 1.165) is 41.3 Å². The summed E-state index contributed by atoms with van der Waals surface area (Å²) in [6.45, 7) is 3.27. The lowest BCUT2D eigenvalue weighted by molar-refractivity contribution is 0.217. The summed E-state index contributed by atoms with van der Waals surface area (Å²) in [6, 6.07) is 9.88.